The zero-order valence-electron chi connectivity index (χ0n) is 25.8. The van der Waals surface area contributed by atoms with Crippen LogP contribution >= 0.6 is 0 Å². The van der Waals surface area contributed by atoms with Gasteiger partial charge in [0.15, 0.2) is 0 Å². The minimum atomic E-state index is -0.514. The lowest BCUT2D eigenvalue weighted by molar-refractivity contribution is 0.0401. The smallest absolute Gasteiger partial charge is 0.142 e. The number of ether oxygens (including phenoxy) is 2. The first-order valence-corrected chi connectivity index (χ1v) is 15.8. The third-order valence-corrected chi connectivity index (χ3v) is 10.2. The van der Waals surface area contributed by atoms with Crippen molar-refractivity contribution >= 4 is 5.69 Å². The molecule has 1 saturated heterocycles. The van der Waals surface area contributed by atoms with E-state index in [1.165, 1.54) is 42.5 Å². The van der Waals surface area contributed by atoms with E-state index in [9.17, 15) is 5.11 Å². The molecular weight excluding hydrogens is 496 g/mol. The number of β-amino-alcohol motifs (C(OH)–C–C–N with tert-alkyl or cyclic N) is 1. The van der Waals surface area contributed by atoms with Gasteiger partial charge in [-0.3, -0.25) is 4.90 Å². The number of para-hydroxylation sites is 2. The fourth-order valence-electron chi connectivity index (χ4n) is 8.35. The van der Waals surface area contributed by atoms with Gasteiger partial charge in [-0.2, -0.15) is 0 Å². The molecule has 0 radical (unpaired) electrons. The number of hydrogen-bond donors (Lipinski definition) is 1. The number of nitrogens with zero attached hydrogens (tertiary/aromatic N) is 2. The van der Waals surface area contributed by atoms with Gasteiger partial charge in [-0.15, -0.1) is 0 Å². The zero-order valence-corrected chi connectivity index (χ0v) is 25.8. The van der Waals surface area contributed by atoms with Gasteiger partial charge >= 0.3 is 0 Å². The van der Waals surface area contributed by atoms with Crippen LogP contribution < -0.4 is 14.4 Å². The van der Waals surface area contributed by atoms with Gasteiger partial charge < -0.3 is 19.5 Å². The maximum atomic E-state index is 11.0. The van der Waals surface area contributed by atoms with E-state index >= 15 is 0 Å². The summed E-state index contributed by atoms with van der Waals surface area (Å²) in [5.74, 6) is 3.06. The topological polar surface area (TPSA) is 45.2 Å². The number of aliphatic hydroxyl groups is 1. The molecule has 220 valence electrons. The first-order valence-electron chi connectivity index (χ1n) is 15.8. The highest BCUT2D eigenvalue weighted by atomic mass is 16.5. The van der Waals surface area contributed by atoms with Crippen LogP contribution in [0.25, 0.3) is 0 Å². The first-order chi connectivity index (χ1) is 19.1. The molecule has 0 amide bonds. The van der Waals surface area contributed by atoms with Crippen molar-refractivity contribution in [3.8, 4) is 11.5 Å². The summed E-state index contributed by atoms with van der Waals surface area (Å²) < 4.78 is 12.3. The van der Waals surface area contributed by atoms with E-state index in [-0.39, 0.29) is 5.41 Å². The maximum absolute atomic E-state index is 11.0. The fourth-order valence-corrected chi connectivity index (χ4v) is 8.35. The van der Waals surface area contributed by atoms with Crippen LogP contribution in [0.15, 0.2) is 36.4 Å². The molecular formula is C35H52N2O3. The Hall–Kier alpha value is -2.24. The normalized spacial score (nSPS) is 25.3. The van der Waals surface area contributed by atoms with Crippen LogP contribution in [0.3, 0.4) is 0 Å². The van der Waals surface area contributed by atoms with Crippen molar-refractivity contribution in [3.63, 3.8) is 0 Å². The molecule has 0 aromatic heterocycles. The van der Waals surface area contributed by atoms with Crippen LogP contribution in [-0.4, -0.2) is 62.0 Å². The fraction of sp³-hybridized carbons (Fsp3) is 0.657. The average Bonchev–Trinajstić information content (AvgIpc) is 2.92. The second-order valence-corrected chi connectivity index (χ2v) is 13.7. The van der Waals surface area contributed by atoms with Crippen LogP contribution in [0.2, 0.25) is 0 Å². The lowest BCUT2D eigenvalue weighted by Gasteiger charge is -2.54. The molecule has 2 aromatic rings. The molecule has 1 aliphatic heterocycles. The molecule has 3 atom stereocenters. The summed E-state index contributed by atoms with van der Waals surface area (Å²) >= 11 is 0. The number of fused-ring (bicyclic) bond motifs is 3. The minimum absolute atomic E-state index is 0.252. The van der Waals surface area contributed by atoms with Crippen LogP contribution in [0.1, 0.15) is 89.8 Å². The zero-order chi connectivity index (χ0) is 28.5. The van der Waals surface area contributed by atoms with Crippen molar-refractivity contribution in [1.82, 2.24) is 4.90 Å². The monoisotopic (exact) mass is 548 g/mol. The molecule has 2 aromatic carbocycles. The van der Waals surface area contributed by atoms with E-state index in [1.54, 1.807) is 5.56 Å². The first kappa shape index (κ1) is 29.3. The highest BCUT2D eigenvalue weighted by Crippen LogP contribution is 2.58. The molecule has 1 saturated carbocycles. The quantitative estimate of drug-likeness (QED) is 0.373. The Bertz CT molecular complexity index is 1150. The third-order valence-electron chi connectivity index (χ3n) is 10.2. The van der Waals surface area contributed by atoms with Gasteiger partial charge in [-0.1, -0.05) is 59.2 Å². The molecule has 0 spiro atoms. The van der Waals surface area contributed by atoms with Crippen molar-refractivity contribution in [2.45, 2.75) is 91.1 Å². The van der Waals surface area contributed by atoms with E-state index in [0.29, 0.717) is 31.1 Å². The number of hydrogen-bond acceptors (Lipinski definition) is 5. The molecule has 1 heterocycles. The van der Waals surface area contributed by atoms with Crippen LogP contribution in [0.4, 0.5) is 5.69 Å². The summed E-state index contributed by atoms with van der Waals surface area (Å²) in [6.45, 7) is 19.5. The van der Waals surface area contributed by atoms with Crippen LogP contribution in [0, 0.1) is 11.3 Å². The summed E-state index contributed by atoms with van der Waals surface area (Å²) in [7, 11) is 0. The van der Waals surface area contributed by atoms with Gasteiger partial charge in [0.25, 0.3) is 0 Å². The Morgan fingerprint density at radius 2 is 1.70 bits per heavy atom. The Labute approximate surface area is 242 Å². The number of rotatable bonds is 9. The Kier molecular flexibility index (Phi) is 8.73. The van der Waals surface area contributed by atoms with Gasteiger partial charge in [0.2, 0.25) is 0 Å². The molecule has 1 unspecified atom stereocenters. The average molecular weight is 549 g/mol. The molecule has 5 nitrogen and oxygen atoms in total. The van der Waals surface area contributed by atoms with E-state index in [0.717, 1.165) is 50.0 Å². The lowest BCUT2D eigenvalue weighted by atomic mass is 9.50. The summed E-state index contributed by atoms with van der Waals surface area (Å²) in [4.78, 5) is 4.75. The number of aliphatic hydroxyl groups excluding tert-OH is 1. The Balaban J connectivity index is 1.21. The highest BCUT2D eigenvalue weighted by Gasteiger charge is 2.50. The van der Waals surface area contributed by atoms with E-state index in [4.69, 9.17) is 9.47 Å². The molecule has 2 fully saturated rings. The largest absolute Gasteiger partial charge is 0.492 e. The predicted molar refractivity (Wildman–Crippen MR) is 165 cm³/mol. The minimum Gasteiger partial charge on any atom is -0.492 e. The van der Waals surface area contributed by atoms with Crippen molar-refractivity contribution in [2.75, 3.05) is 50.8 Å². The predicted octanol–water partition coefficient (Wildman–Crippen LogP) is 6.80. The lowest BCUT2D eigenvalue weighted by Crippen LogP contribution is -2.49. The third kappa shape index (κ3) is 5.74. The maximum Gasteiger partial charge on any atom is 0.142 e. The molecule has 1 N–H and O–H groups in total. The van der Waals surface area contributed by atoms with Gasteiger partial charge in [0.1, 0.15) is 24.2 Å². The van der Waals surface area contributed by atoms with Crippen LogP contribution in [0.5, 0.6) is 11.5 Å². The van der Waals surface area contributed by atoms with Gasteiger partial charge in [0.05, 0.1) is 12.3 Å². The summed E-state index contributed by atoms with van der Waals surface area (Å²) in [6.07, 6.45) is 5.84. The van der Waals surface area contributed by atoms with E-state index in [1.807, 2.05) is 19.1 Å². The molecule has 2 aliphatic carbocycles. The van der Waals surface area contributed by atoms with Crippen molar-refractivity contribution in [3.05, 3.63) is 53.1 Å². The molecule has 40 heavy (non-hydrogen) atoms. The van der Waals surface area contributed by atoms with Gasteiger partial charge in [0, 0.05) is 38.3 Å². The Morgan fingerprint density at radius 1 is 0.950 bits per heavy atom. The second kappa shape index (κ2) is 11.9. The molecule has 3 aliphatic rings. The number of piperazine rings is 1. The Morgan fingerprint density at radius 3 is 2.42 bits per heavy atom. The van der Waals surface area contributed by atoms with Crippen molar-refractivity contribution in [2.24, 2.45) is 11.3 Å². The SMILES string of the molecule is CCOc1ccccc1N1CCN(CC(O)COc2ccc3c(c2C(C)C)CC[C@H]2C(C)(C)CCC[C@]32C)CC1. The summed E-state index contributed by atoms with van der Waals surface area (Å²) in [6, 6.07) is 12.9. The van der Waals surface area contributed by atoms with E-state index < -0.39 is 6.10 Å². The van der Waals surface area contributed by atoms with E-state index in [2.05, 4.69) is 68.7 Å². The molecule has 0 bridgehead atoms. The molecule has 5 rings (SSSR count). The standard InChI is InChI=1S/C35H52N2O3/c1-7-39-30-12-9-8-11-29(30)37-21-19-36(20-22-37)23-26(38)24-40-31-15-14-28-27(33(31)25(2)3)13-16-32-34(4,5)17-10-18-35(28,32)6/h8-9,11-12,14-15,25-26,32,38H,7,10,13,16-24H2,1-6H3/t26?,32-,35+/m0/s1. The number of anilines is 1. The summed E-state index contributed by atoms with van der Waals surface area (Å²) in [5, 5.41) is 11.0. The van der Waals surface area contributed by atoms with Gasteiger partial charge in [-0.25, -0.2) is 0 Å². The van der Waals surface area contributed by atoms with Crippen molar-refractivity contribution < 1.29 is 14.6 Å². The highest BCUT2D eigenvalue weighted by molar-refractivity contribution is 5.58. The number of benzene rings is 2. The van der Waals surface area contributed by atoms with Crippen LogP contribution in [-0.2, 0) is 11.8 Å². The van der Waals surface area contributed by atoms with Gasteiger partial charge in [-0.05, 0) is 84.6 Å². The molecule has 5 heteroatoms. The summed E-state index contributed by atoms with van der Waals surface area (Å²) in [5.41, 5.74) is 6.29. The van der Waals surface area contributed by atoms with Crippen molar-refractivity contribution in [1.29, 1.82) is 0 Å². The second-order valence-electron chi connectivity index (χ2n) is 13.7.